The van der Waals surface area contributed by atoms with Gasteiger partial charge in [-0.1, -0.05) is 36.4 Å². The van der Waals surface area contributed by atoms with Crippen molar-refractivity contribution in [3.8, 4) is 0 Å². The highest BCUT2D eigenvalue weighted by Crippen LogP contribution is 2.29. The Morgan fingerprint density at radius 3 is 2.73 bits per heavy atom. The third kappa shape index (κ3) is 2.76. The topological polar surface area (TPSA) is 57.0 Å². The van der Waals surface area contributed by atoms with Gasteiger partial charge in [-0.05, 0) is 51.3 Å². The number of aryl methyl sites for hydroxylation is 1. The van der Waals surface area contributed by atoms with Gasteiger partial charge in [0.15, 0.2) is 11.3 Å². The third-order valence-corrected chi connectivity index (χ3v) is 5.39. The Labute approximate surface area is 158 Å². The highest BCUT2D eigenvalue weighted by Gasteiger charge is 2.15. The van der Waals surface area contributed by atoms with Gasteiger partial charge in [-0.15, -0.1) is 0 Å². The van der Waals surface area contributed by atoms with Gasteiger partial charge >= 0.3 is 5.97 Å². The molecule has 0 saturated carbocycles. The van der Waals surface area contributed by atoms with Crippen LogP contribution in [0.1, 0.15) is 21.9 Å². The van der Waals surface area contributed by atoms with Crippen molar-refractivity contribution in [3.05, 3.63) is 70.1 Å². The second-order valence-corrected chi connectivity index (χ2v) is 6.83. The zero-order chi connectivity index (χ0) is 18.3. The number of esters is 1. The normalized spacial score (nSPS) is 11.2. The molecule has 0 amide bonds. The van der Waals surface area contributed by atoms with Crippen molar-refractivity contribution >= 4 is 43.8 Å². The number of methoxy groups -OCH3 is 1. The Morgan fingerprint density at radius 2 is 1.92 bits per heavy atom. The minimum atomic E-state index is -0.454. The predicted molar refractivity (Wildman–Crippen MR) is 104 cm³/mol. The number of nitrogens with zero attached hydrogens (tertiary/aromatic N) is 3. The van der Waals surface area contributed by atoms with Crippen molar-refractivity contribution in [2.45, 2.75) is 13.5 Å². The highest BCUT2D eigenvalue weighted by molar-refractivity contribution is 9.10. The number of carbonyl (C=O) groups excluding carboxylic acids is 1. The molecule has 0 unspecified atom stereocenters. The first-order valence-corrected chi connectivity index (χ1v) is 8.96. The number of pyridine rings is 1. The van der Waals surface area contributed by atoms with E-state index in [0.29, 0.717) is 12.2 Å². The smallest absolute Gasteiger partial charge is 0.356 e. The van der Waals surface area contributed by atoms with Gasteiger partial charge < -0.3 is 9.30 Å². The summed E-state index contributed by atoms with van der Waals surface area (Å²) in [7, 11) is 1.35. The van der Waals surface area contributed by atoms with Crippen LogP contribution in [0.15, 0.2) is 53.0 Å². The van der Waals surface area contributed by atoms with Gasteiger partial charge in [-0.2, -0.15) is 0 Å². The number of imidazole rings is 1. The number of halogens is 1. The maximum atomic E-state index is 11.8. The molecule has 0 atom stereocenters. The van der Waals surface area contributed by atoms with Gasteiger partial charge in [-0.3, -0.25) is 0 Å². The first-order valence-electron chi connectivity index (χ1n) is 8.17. The largest absolute Gasteiger partial charge is 0.464 e. The number of rotatable bonds is 3. The Bertz CT molecular complexity index is 1150. The molecule has 0 bridgehead atoms. The van der Waals surface area contributed by atoms with Gasteiger partial charge in [0.2, 0.25) is 0 Å². The molecular weight excluding hydrogens is 394 g/mol. The second kappa shape index (κ2) is 6.53. The van der Waals surface area contributed by atoms with Crippen LogP contribution in [-0.4, -0.2) is 27.6 Å². The average Bonchev–Trinajstić information content (AvgIpc) is 2.98. The fraction of sp³-hybridized carbons (Fsp3) is 0.150. The van der Waals surface area contributed by atoms with Gasteiger partial charge in [0, 0.05) is 4.47 Å². The number of carbonyl (C=O) groups is 1. The monoisotopic (exact) mass is 409 g/mol. The van der Waals surface area contributed by atoms with Gasteiger partial charge in [0.05, 0.1) is 13.7 Å². The van der Waals surface area contributed by atoms with Crippen LogP contribution in [0.4, 0.5) is 0 Å². The first-order chi connectivity index (χ1) is 12.6. The predicted octanol–water partition coefficient (Wildman–Crippen LogP) is 4.49. The van der Waals surface area contributed by atoms with E-state index in [1.165, 1.54) is 12.5 Å². The van der Waals surface area contributed by atoms with E-state index in [2.05, 4.69) is 50.2 Å². The number of benzene rings is 2. The SMILES string of the molecule is COC(=O)c1ccc2nc(C)n(Cc3ccc4ccccc4c3Br)c2n1. The molecule has 130 valence electrons. The quantitative estimate of drug-likeness (QED) is 0.467. The lowest BCUT2D eigenvalue weighted by Gasteiger charge is -2.11. The van der Waals surface area contributed by atoms with E-state index in [-0.39, 0.29) is 5.69 Å². The van der Waals surface area contributed by atoms with Crippen LogP contribution in [0, 0.1) is 6.92 Å². The van der Waals surface area contributed by atoms with E-state index in [0.717, 1.165) is 26.8 Å². The van der Waals surface area contributed by atoms with Crippen molar-refractivity contribution in [2.75, 3.05) is 7.11 Å². The Balaban J connectivity index is 1.83. The molecular formula is C20H16BrN3O2. The van der Waals surface area contributed by atoms with Crippen molar-refractivity contribution in [1.82, 2.24) is 14.5 Å². The summed E-state index contributed by atoms with van der Waals surface area (Å²) in [6.07, 6.45) is 0. The first kappa shape index (κ1) is 16.7. The molecule has 0 radical (unpaired) electrons. The average molecular weight is 410 g/mol. The molecule has 0 spiro atoms. The molecule has 5 nitrogen and oxygen atoms in total. The van der Waals surface area contributed by atoms with Crippen molar-refractivity contribution in [2.24, 2.45) is 0 Å². The molecule has 4 aromatic rings. The molecule has 0 aliphatic rings. The van der Waals surface area contributed by atoms with Crippen LogP contribution in [0.3, 0.4) is 0 Å². The summed E-state index contributed by atoms with van der Waals surface area (Å²) in [5, 5.41) is 2.34. The van der Waals surface area contributed by atoms with E-state index in [4.69, 9.17) is 4.74 Å². The van der Waals surface area contributed by atoms with E-state index in [1.54, 1.807) is 12.1 Å². The van der Waals surface area contributed by atoms with Crippen LogP contribution in [0.2, 0.25) is 0 Å². The summed E-state index contributed by atoms with van der Waals surface area (Å²) >= 11 is 3.74. The summed E-state index contributed by atoms with van der Waals surface area (Å²) in [5.74, 6) is 0.388. The second-order valence-electron chi connectivity index (χ2n) is 6.04. The summed E-state index contributed by atoms with van der Waals surface area (Å²) in [4.78, 5) is 20.8. The molecule has 6 heteroatoms. The molecule has 0 fully saturated rings. The fourth-order valence-electron chi connectivity index (χ4n) is 3.09. The minimum absolute atomic E-state index is 0.277. The minimum Gasteiger partial charge on any atom is -0.464 e. The molecule has 0 saturated heterocycles. The summed E-state index contributed by atoms with van der Waals surface area (Å²) in [5.41, 5.74) is 2.83. The molecule has 2 heterocycles. The zero-order valence-electron chi connectivity index (χ0n) is 14.4. The van der Waals surface area contributed by atoms with Crippen LogP contribution < -0.4 is 0 Å². The van der Waals surface area contributed by atoms with Gasteiger partial charge in [0.1, 0.15) is 11.3 Å². The van der Waals surface area contributed by atoms with Crippen LogP contribution in [0.5, 0.6) is 0 Å². The lowest BCUT2D eigenvalue weighted by molar-refractivity contribution is 0.0594. The molecule has 0 aliphatic carbocycles. The lowest BCUT2D eigenvalue weighted by Crippen LogP contribution is -2.07. The Morgan fingerprint density at radius 1 is 1.12 bits per heavy atom. The number of fused-ring (bicyclic) bond motifs is 2. The lowest BCUT2D eigenvalue weighted by atomic mass is 10.1. The van der Waals surface area contributed by atoms with Crippen LogP contribution >= 0.6 is 15.9 Å². The van der Waals surface area contributed by atoms with Crippen molar-refractivity contribution in [1.29, 1.82) is 0 Å². The summed E-state index contributed by atoms with van der Waals surface area (Å²) < 4.78 is 7.85. The fourth-order valence-corrected chi connectivity index (χ4v) is 3.71. The van der Waals surface area contributed by atoms with E-state index in [1.807, 2.05) is 23.6 Å². The van der Waals surface area contributed by atoms with Crippen molar-refractivity contribution in [3.63, 3.8) is 0 Å². The van der Waals surface area contributed by atoms with E-state index >= 15 is 0 Å². The van der Waals surface area contributed by atoms with Gasteiger partial charge in [-0.25, -0.2) is 14.8 Å². The maximum absolute atomic E-state index is 11.8. The molecule has 4 rings (SSSR count). The number of aromatic nitrogens is 3. The Kier molecular flexibility index (Phi) is 4.20. The molecule has 2 aromatic carbocycles. The van der Waals surface area contributed by atoms with E-state index < -0.39 is 5.97 Å². The van der Waals surface area contributed by atoms with Crippen LogP contribution in [-0.2, 0) is 11.3 Å². The van der Waals surface area contributed by atoms with Gasteiger partial charge in [0.25, 0.3) is 0 Å². The molecule has 0 aliphatic heterocycles. The van der Waals surface area contributed by atoms with E-state index in [9.17, 15) is 4.79 Å². The number of ether oxygens (including phenoxy) is 1. The molecule has 26 heavy (non-hydrogen) atoms. The van der Waals surface area contributed by atoms with Crippen LogP contribution in [0.25, 0.3) is 21.9 Å². The zero-order valence-corrected chi connectivity index (χ0v) is 15.9. The number of hydrogen-bond donors (Lipinski definition) is 0. The standard InChI is InChI=1S/C20H16BrN3O2/c1-12-22-16-9-10-17(20(25)26-2)23-19(16)24(12)11-14-8-7-13-5-3-4-6-15(13)18(14)21/h3-10H,11H2,1-2H3. The Hall–Kier alpha value is -2.73. The summed E-state index contributed by atoms with van der Waals surface area (Å²) in [6, 6.07) is 15.9. The highest BCUT2D eigenvalue weighted by atomic mass is 79.9. The third-order valence-electron chi connectivity index (χ3n) is 4.45. The molecule has 2 aromatic heterocycles. The van der Waals surface area contributed by atoms with Crippen molar-refractivity contribution < 1.29 is 9.53 Å². The number of hydrogen-bond acceptors (Lipinski definition) is 4. The summed E-state index contributed by atoms with van der Waals surface area (Å²) in [6.45, 7) is 2.54. The molecule has 0 N–H and O–H groups in total. The maximum Gasteiger partial charge on any atom is 0.356 e.